The smallest absolute Gasteiger partial charge is 0.417 e. The highest BCUT2D eigenvalue weighted by Crippen LogP contribution is 2.37. The van der Waals surface area contributed by atoms with Crippen LogP contribution < -0.4 is 0 Å². The Bertz CT molecular complexity index is 913. The summed E-state index contributed by atoms with van der Waals surface area (Å²) >= 11 is 0. The van der Waals surface area contributed by atoms with E-state index in [1.165, 1.54) is 24.3 Å². The molecule has 1 aromatic heterocycles. The number of aryl methyl sites for hydroxylation is 1. The molecule has 23 heavy (non-hydrogen) atoms. The average molecular weight is 320 g/mol. The number of para-hydroxylation sites is 1. The normalized spacial score (nSPS) is 11.8. The highest BCUT2D eigenvalue weighted by molar-refractivity contribution is 6.01. The van der Waals surface area contributed by atoms with Crippen LogP contribution in [0, 0.1) is 6.92 Å². The number of benzene rings is 2. The molecule has 1 heterocycles. The van der Waals surface area contributed by atoms with Gasteiger partial charge in [-0.3, -0.25) is 0 Å². The molecule has 7 heteroatoms. The van der Waals surface area contributed by atoms with Crippen molar-refractivity contribution in [3.05, 3.63) is 53.1 Å². The van der Waals surface area contributed by atoms with Gasteiger partial charge in [0.25, 0.3) is 0 Å². The Morgan fingerprint density at radius 3 is 2.61 bits per heavy atom. The Morgan fingerprint density at radius 2 is 1.96 bits per heavy atom. The maximum Gasteiger partial charge on any atom is 0.417 e. The molecule has 0 amide bonds. The van der Waals surface area contributed by atoms with E-state index in [4.69, 9.17) is 5.11 Å². The summed E-state index contributed by atoms with van der Waals surface area (Å²) in [7, 11) is 0. The molecule has 4 nitrogen and oxygen atoms in total. The molecule has 3 rings (SSSR count). The molecule has 0 saturated heterocycles. The van der Waals surface area contributed by atoms with Crippen molar-refractivity contribution in [3.8, 4) is 11.4 Å². The molecule has 0 unspecified atom stereocenters. The number of nitrogens with one attached hydrogen (secondary N) is 1. The van der Waals surface area contributed by atoms with Crippen LogP contribution in [0.3, 0.4) is 0 Å². The largest absolute Gasteiger partial charge is 0.478 e. The van der Waals surface area contributed by atoms with Crippen molar-refractivity contribution in [1.29, 1.82) is 0 Å². The Labute approximate surface area is 128 Å². The number of H-pyrrole nitrogens is 1. The van der Waals surface area contributed by atoms with Crippen molar-refractivity contribution >= 4 is 17.0 Å². The summed E-state index contributed by atoms with van der Waals surface area (Å²) < 4.78 is 39.6. The van der Waals surface area contributed by atoms with E-state index in [-0.39, 0.29) is 22.5 Å². The quantitative estimate of drug-likeness (QED) is 0.741. The fourth-order valence-corrected chi connectivity index (χ4v) is 2.43. The number of carbonyl (C=O) groups is 1. The highest BCUT2D eigenvalue weighted by atomic mass is 19.4. The molecule has 0 bridgehead atoms. The van der Waals surface area contributed by atoms with Crippen LogP contribution in [0.15, 0.2) is 36.4 Å². The van der Waals surface area contributed by atoms with Crippen LogP contribution in [0.4, 0.5) is 13.2 Å². The molecule has 0 atom stereocenters. The molecule has 0 saturated carbocycles. The summed E-state index contributed by atoms with van der Waals surface area (Å²) in [5.41, 5.74) is 0.154. The average Bonchev–Trinajstić information content (AvgIpc) is 2.89. The van der Waals surface area contributed by atoms with Gasteiger partial charge in [0.1, 0.15) is 11.3 Å². The molecule has 0 radical (unpaired) electrons. The summed E-state index contributed by atoms with van der Waals surface area (Å²) in [5.74, 6) is -1.20. The molecule has 118 valence electrons. The molecule has 0 aliphatic carbocycles. The second-order valence-electron chi connectivity index (χ2n) is 5.14. The number of halogens is 3. The van der Waals surface area contributed by atoms with E-state index >= 15 is 0 Å². The van der Waals surface area contributed by atoms with Gasteiger partial charge in [-0.05, 0) is 31.2 Å². The summed E-state index contributed by atoms with van der Waals surface area (Å²) in [4.78, 5) is 18.1. The number of rotatable bonds is 2. The first-order valence-corrected chi connectivity index (χ1v) is 6.67. The van der Waals surface area contributed by atoms with Crippen LogP contribution in [0.5, 0.6) is 0 Å². The number of nitrogens with zero attached hydrogens (tertiary/aromatic N) is 1. The fraction of sp³-hybridized carbons (Fsp3) is 0.125. The number of carboxylic acids is 1. The van der Waals surface area contributed by atoms with Gasteiger partial charge in [-0.25, -0.2) is 9.78 Å². The van der Waals surface area contributed by atoms with Crippen LogP contribution in [0.25, 0.3) is 22.4 Å². The van der Waals surface area contributed by atoms with Gasteiger partial charge in [-0.15, -0.1) is 0 Å². The molecule has 0 aliphatic heterocycles. The third-order valence-corrected chi connectivity index (χ3v) is 3.48. The van der Waals surface area contributed by atoms with Gasteiger partial charge >= 0.3 is 12.1 Å². The lowest BCUT2D eigenvalue weighted by atomic mass is 10.0. The second kappa shape index (κ2) is 5.12. The summed E-state index contributed by atoms with van der Waals surface area (Å²) in [6, 6.07) is 8.18. The first-order chi connectivity index (χ1) is 10.8. The number of aromatic nitrogens is 2. The molecule has 0 fully saturated rings. The van der Waals surface area contributed by atoms with Gasteiger partial charge in [0.2, 0.25) is 0 Å². The van der Waals surface area contributed by atoms with Crippen molar-refractivity contribution in [2.75, 3.05) is 0 Å². The van der Waals surface area contributed by atoms with Crippen LogP contribution in [0.1, 0.15) is 21.5 Å². The zero-order chi connectivity index (χ0) is 16.8. The number of carboxylic acid groups (broad SMARTS) is 1. The minimum Gasteiger partial charge on any atom is -0.478 e. The maximum atomic E-state index is 13.2. The Balaban J connectivity index is 2.28. The lowest BCUT2D eigenvalue weighted by Crippen LogP contribution is -2.07. The van der Waals surface area contributed by atoms with Crippen molar-refractivity contribution in [2.24, 2.45) is 0 Å². The van der Waals surface area contributed by atoms with E-state index in [1.54, 1.807) is 13.0 Å². The number of aromatic amines is 1. The van der Waals surface area contributed by atoms with Crippen LogP contribution >= 0.6 is 0 Å². The molecule has 0 aliphatic rings. The van der Waals surface area contributed by atoms with Crippen LogP contribution in [-0.4, -0.2) is 21.0 Å². The molecule has 3 aromatic rings. The maximum absolute atomic E-state index is 13.2. The predicted octanol–water partition coefficient (Wildman–Crippen LogP) is 4.26. The summed E-state index contributed by atoms with van der Waals surface area (Å²) in [6.45, 7) is 1.68. The first kappa shape index (κ1) is 15.1. The van der Waals surface area contributed by atoms with Gasteiger partial charge in [-0.1, -0.05) is 17.7 Å². The van der Waals surface area contributed by atoms with Crippen molar-refractivity contribution in [3.63, 3.8) is 0 Å². The Kier molecular flexibility index (Phi) is 3.35. The van der Waals surface area contributed by atoms with Crippen LogP contribution in [-0.2, 0) is 6.18 Å². The third kappa shape index (κ3) is 2.65. The topological polar surface area (TPSA) is 66.0 Å². The predicted molar refractivity (Wildman–Crippen MR) is 78.2 cm³/mol. The zero-order valence-corrected chi connectivity index (χ0v) is 11.9. The van der Waals surface area contributed by atoms with Gasteiger partial charge < -0.3 is 10.1 Å². The standard InChI is InChI=1S/C16H11F3N2O2/c1-8-5-6-11(16(17,18)19)10(7-8)14-20-12-4-2-3-9(15(22)23)13(12)21-14/h2-7H,1H3,(H,20,21)(H,22,23). The van der Waals surface area contributed by atoms with Gasteiger partial charge in [0.05, 0.1) is 16.6 Å². The Morgan fingerprint density at radius 1 is 1.22 bits per heavy atom. The molecular weight excluding hydrogens is 309 g/mol. The SMILES string of the molecule is Cc1ccc(C(F)(F)F)c(-c2nc3c(C(=O)O)cccc3[nH]2)c1. The fourth-order valence-electron chi connectivity index (χ4n) is 2.43. The number of imidazole rings is 1. The molecule has 2 aromatic carbocycles. The van der Waals surface area contributed by atoms with E-state index in [9.17, 15) is 18.0 Å². The van der Waals surface area contributed by atoms with Crippen molar-refractivity contribution < 1.29 is 23.1 Å². The number of hydrogen-bond acceptors (Lipinski definition) is 2. The van der Waals surface area contributed by atoms with Crippen molar-refractivity contribution in [1.82, 2.24) is 9.97 Å². The van der Waals surface area contributed by atoms with Crippen LogP contribution in [0.2, 0.25) is 0 Å². The van der Waals surface area contributed by atoms with E-state index < -0.39 is 17.7 Å². The first-order valence-electron chi connectivity index (χ1n) is 6.67. The molecule has 2 N–H and O–H groups in total. The number of alkyl halides is 3. The number of fused-ring (bicyclic) bond motifs is 1. The minimum absolute atomic E-state index is 0.00951. The molecular formula is C16H11F3N2O2. The third-order valence-electron chi connectivity index (χ3n) is 3.48. The Hall–Kier alpha value is -2.83. The minimum atomic E-state index is -4.53. The lowest BCUT2D eigenvalue weighted by molar-refractivity contribution is -0.137. The monoisotopic (exact) mass is 320 g/mol. The zero-order valence-electron chi connectivity index (χ0n) is 11.9. The van der Waals surface area contributed by atoms with E-state index in [0.717, 1.165) is 6.07 Å². The second-order valence-corrected chi connectivity index (χ2v) is 5.14. The van der Waals surface area contributed by atoms with E-state index in [1.807, 2.05) is 0 Å². The van der Waals surface area contributed by atoms with Gasteiger partial charge in [0, 0.05) is 5.56 Å². The van der Waals surface area contributed by atoms with Crippen molar-refractivity contribution in [2.45, 2.75) is 13.1 Å². The van der Waals surface area contributed by atoms with E-state index in [0.29, 0.717) is 11.1 Å². The molecule has 0 spiro atoms. The number of aromatic carboxylic acids is 1. The summed E-state index contributed by atoms with van der Waals surface area (Å²) in [5, 5.41) is 9.16. The summed E-state index contributed by atoms with van der Waals surface area (Å²) in [6.07, 6.45) is -4.53. The highest BCUT2D eigenvalue weighted by Gasteiger charge is 2.34. The van der Waals surface area contributed by atoms with Gasteiger partial charge in [-0.2, -0.15) is 13.2 Å². The van der Waals surface area contributed by atoms with Gasteiger partial charge in [0.15, 0.2) is 0 Å². The number of hydrogen-bond donors (Lipinski definition) is 2. The van der Waals surface area contributed by atoms with E-state index in [2.05, 4.69) is 9.97 Å². The lowest BCUT2D eigenvalue weighted by Gasteiger charge is -2.11.